The van der Waals surface area contributed by atoms with Crippen LogP contribution >= 0.6 is 0 Å². The minimum absolute atomic E-state index is 0.155. The van der Waals surface area contributed by atoms with Crippen molar-refractivity contribution in [2.75, 3.05) is 13.2 Å². The molecule has 0 aromatic carbocycles. The Morgan fingerprint density at radius 3 is 2.83 bits per heavy atom. The summed E-state index contributed by atoms with van der Waals surface area (Å²) in [6.07, 6.45) is 4.42. The van der Waals surface area contributed by atoms with Crippen LogP contribution in [0.4, 0.5) is 0 Å². The highest BCUT2D eigenvalue weighted by Crippen LogP contribution is 2.02. The molecule has 0 unspecified atom stereocenters. The highest BCUT2D eigenvalue weighted by Gasteiger charge is 2.06. The van der Waals surface area contributed by atoms with E-state index in [-0.39, 0.29) is 11.9 Å². The summed E-state index contributed by atoms with van der Waals surface area (Å²) in [5, 5.41) is 2.75. The number of unbranched alkanes of at least 4 members (excludes halogenated alkanes) is 2. The molecule has 1 aromatic heterocycles. The Morgan fingerprint density at radius 2 is 2.17 bits per heavy atom. The fourth-order valence-corrected chi connectivity index (χ4v) is 1.50. The van der Waals surface area contributed by atoms with E-state index in [1.807, 2.05) is 0 Å². The standard InChI is InChI=1S/C13H19NO4/c1-2-17-12(15)8-4-3-5-9-14-13(16)11-7-6-10-18-11/h6-7,10H,2-5,8-9H2,1H3,(H,14,16). The van der Waals surface area contributed by atoms with Gasteiger partial charge in [-0.2, -0.15) is 0 Å². The molecule has 0 spiro atoms. The first-order valence-electron chi connectivity index (χ1n) is 6.21. The molecule has 100 valence electrons. The molecule has 1 amide bonds. The first kappa shape index (κ1) is 14.3. The fourth-order valence-electron chi connectivity index (χ4n) is 1.50. The Bertz CT molecular complexity index is 359. The van der Waals surface area contributed by atoms with Crippen molar-refractivity contribution in [1.82, 2.24) is 5.32 Å². The summed E-state index contributed by atoms with van der Waals surface area (Å²) < 4.78 is 9.77. The lowest BCUT2D eigenvalue weighted by Gasteiger charge is -2.03. The van der Waals surface area contributed by atoms with Crippen LogP contribution in [-0.4, -0.2) is 25.0 Å². The SMILES string of the molecule is CCOC(=O)CCCCCNC(=O)c1ccco1. The van der Waals surface area contributed by atoms with Crippen molar-refractivity contribution >= 4 is 11.9 Å². The maximum atomic E-state index is 11.5. The third-order valence-corrected chi connectivity index (χ3v) is 2.39. The Hall–Kier alpha value is -1.78. The van der Waals surface area contributed by atoms with Crippen LogP contribution in [0.2, 0.25) is 0 Å². The zero-order chi connectivity index (χ0) is 13.2. The average molecular weight is 253 g/mol. The summed E-state index contributed by atoms with van der Waals surface area (Å²) in [5.74, 6) is -0.0379. The van der Waals surface area contributed by atoms with Crippen LogP contribution < -0.4 is 5.32 Å². The van der Waals surface area contributed by atoms with Gasteiger partial charge in [-0.3, -0.25) is 9.59 Å². The number of carbonyl (C=O) groups excluding carboxylic acids is 2. The molecule has 0 atom stereocenters. The second-order valence-corrected chi connectivity index (χ2v) is 3.85. The first-order valence-corrected chi connectivity index (χ1v) is 6.21. The predicted octanol–water partition coefficient (Wildman–Crippen LogP) is 2.13. The lowest BCUT2D eigenvalue weighted by atomic mass is 10.2. The van der Waals surface area contributed by atoms with Crippen molar-refractivity contribution in [2.45, 2.75) is 32.6 Å². The monoisotopic (exact) mass is 253 g/mol. The molecule has 1 rings (SSSR count). The largest absolute Gasteiger partial charge is 0.466 e. The van der Waals surface area contributed by atoms with Crippen LogP contribution in [-0.2, 0) is 9.53 Å². The summed E-state index contributed by atoms with van der Waals surface area (Å²) >= 11 is 0. The second-order valence-electron chi connectivity index (χ2n) is 3.85. The van der Waals surface area contributed by atoms with E-state index >= 15 is 0 Å². The van der Waals surface area contributed by atoms with Crippen LogP contribution in [0.5, 0.6) is 0 Å². The van der Waals surface area contributed by atoms with Crippen LogP contribution in [0.3, 0.4) is 0 Å². The van der Waals surface area contributed by atoms with E-state index in [0.717, 1.165) is 19.3 Å². The molecule has 0 aliphatic heterocycles. The zero-order valence-electron chi connectivity index (χ0n) is 10.6. The molecule has 18 heavy (non-hydrogen) atoms. The third kappa shape index (κ3) is 5.52. The molecule has 0 aliphatic carbocycles. The van der Waals surface area contributed by atoms with E-state index in [0.29, 0.717) is 25.3 Å². The number of ether oxygens (including phenoxy) is 1. The van der Waals surface area contributed by atoms with Gasteiger partial charge in [-0.1, -0.05) is 6.42 Å². The van der Waals surface area contributed by atoms with Gasteiger partial charge in [-0.05, 0) is 31.9 Å². The van der Waals surface area contributed by atoms with Gasteiger partial charge in [-0.25, -0.2) is 0 Å². The maximum absolute atomic E-state index is 11.5. The van der Waals surface area contributed by atoms with Crippen molar-refractivity contribution in [3.63, 3.8) is 0 Å². The first-order chi connectivity index (χ1) is 8.74. The number of furan rings is 1. The van der Waals surface area contributed by atoms with Crippen LogP contribution in [0.1, 0.15) is 43.2 Å². The molecule has 0 aliphatic rings. The van der Waals surface area contributed by atoms with E-state index < -0.39 is 0 Å². The number of amides is 1. The Balaban J connectivity index is 1.99. The summed E-state index contributed by atoms with van der Waals surface area (Å²) in [7, 11) is 0. The Labute approximate surface area is 106 Å². The number of rotatable bonds is 8. The normalized spacial score (nSPS) is 10.1. The summed E-state index contributed by atoms with van der Waals surface area (Å²) in [4.78, 5) is 22.5. The van der Waals surface area contributed by atoms with Crippen LogP contribution in [0, 0.1) is 0 Å². The third-order valence-electron chi connectivity index (χ3n) is 2.39. The second kappa shape index (κ2) is 8.33. The molecule has 0 bridgehead atoms. The van der Waals surface area contributed by atoms with Gasteiger partial charge in [0.15, 0.2) is 5.76 Å². The van der Waals surface area contributed by atoms with Gasteiger partial charge in [0, 0.05) is 13.0 Å². The average Bonchev–Trinajstić information content (AvgIpc) is 2.87. The molecule has 5 nitrogen and oxygen atoms in total. The summed E-state index contributed by atoms with van der Waals surface area (Å²) in [5.41, 5.74) is 0. The number of hydrogen-bond acceptors (Lipinski definition) is 4. The summed E-state index contributed by atoms with van der Waals surface area (Å²) in [6, 6.07) is 3.30. The molecule has 0 saturated heterocycles. The highest BCUT2D eigenvalue weighted by atomic mass is 16.5. The van der Waals surface area contributed by atoms with Gasteiger partial charge in [0.25, 0.3) is 5.91 Å². The smallest absolute Gasteiger partial charge is 0.305 e. The van der Waals surface area contributed by atoms with E-state index in [9.17, 15) is 9.59 Å². The molecule has 0 radical (unpaired) electrons. The van der Waals surface area contributed by atoms with Crippen molar-refractivity contribution in [1.29, 1.82) is 0 Å². The Morgan fingerprint density at radius 1 is 1.33 bits per heavy atom. The van der Waals surface area contributed by atoms with Gasteiger partial charge >= 0.3 is 5.97 Å². The predicted molar refractivity (Wildman–Crippen MR) is 66.1 cm³/mol. The molecule has 1 heterocycles. The molecule has 0 fully saturated rings. The minimum atomic E-state index is -0.203. The number of carbonyl (C=O) groups is 2. The lowest BCUT2D eigenvalue weighted by Crippen LogP contribution is -2.23. The molecule has 5 heteroatoms. The van der Waals surface area contributed by atoms with Crippen molar-refractivity contribution < 1.29 is 18.7 Å². The quantitative estimate of drug-likeness (QED) is 0.569. The number of hydrogen-bond donors (Lipinski definition) is 1. The van der Waals surface area contributed by atoms with Gasteiger partial charge in [0.1, 0.15) is 0 Å². The van der Waals surface area contributed by atoms with E-state index in [4.69, 9.17) is 9.15 Å². The van der Waals surface area contributed by atoms with Crippen molar-refractivity contribution in [2.24, 2.45) is 0 Å². The fraction of sp³-hybridized carbons (Fsp3) is 0.538. The van der Waals surface area contributed by atoms with E-state index in [2.05, 4.69) is 5.32 Å². The number of esters is 1. The van der Waals surface area contributed by atoms with Crippen molar-refractivity contribution in [3.05, 3.63) is 24.2 Å². The molecular formula is C13H19NO4. The van der Waals surface area contributed by atoms with E-state index in [1.165, 1.54) is 6.26 Å². The molecule has 1 aromatic rings. The van der Waals surface area contributed by atoms with Crippen LogP contribution in [0.25, 0.3) is 0 Å². The van der Waals surface area contributed by atoms with Gasteiger partial charge in [0.05, 0.1) is 12.9 Å². The van der Waals surface area contributed by atoms with Gasteiger partial charge < -0.3 is 14.5 Å². The minimum Gasteiger partial charge on any atom is -0.466 e. The topological polar surface area (TPSA) is 68.5 Å². The van der Waals surface area contributed by atoms with Gasteiger partial charge in [0.2, 0.25) is 0 Å². The highest BCUT2D eigenvalue weighted by molar-refractivity contribution is 5.91. The van der Waals surface area contributed by atoms with Crippen LogP contribution in [0.15, 0.2) is 22.8 Å². The molecule has 0 saturated carbocycles. The van der Waals surface area contributed by atoms with E-state index in [1.54, 1.807) is 19.1 Å². The van der Waals surface area contributed by atoms with Crippen molar-refractivity contribution in [3.8, 4) is 0 Å². The Kier molecular flexibility index (Phi) is 6.61. The maximum Gasteiger partial charge on any atom is 0.305 e. The number of nitrogens with one attached hydrogen (secondary N) is 1. The van der Waals surface area contributed by atoms with Gasteiger partial charge in [-0.15, -0.1) is 0 Å². The lowest BCUT2D eigenvalue weighted by molar-refractivity contribution is -0.143. The molecular weight excluding hydrogens is 234 g/mol. The zero-order valence-corrected chi connectivity index (χ0v) is 10.6. The molecule has 1 N–H and O–H groups in total. The summed E-state index contributed by atoms with van der Waals surface area (Å²) in [6.45, 7) is 2.81.